The number of rotatable bonds is 4. The second-order valence-corrected chi connectivity index (χ2v) is 3.98. The van der Waals surface area contributed by atoms with Crippen LogP contribution in [0.1, 0.15) is 23.2 Å². The molecule has 1 aliphatic rings. The van der Waals surface area contributed by atoms with Gasteiger partial charge < -0.3 is 9.64 Å². The van der Waals surface area contributed by atoms with E-state index in [1.807, 2.05) is 0 Å². The molecule has 0 N–H and O–H groups in total. The predicted octanol–water partition coefficient (Wildman–Crippen LogP) is 1.64. The second kappa shape index (κ2) is 4.92. The largest absolute Gasteiger partial charge is 0.497 e. The maximum absolute atomic E-state index is 11.8. The molecule has 0 aromatic heterocycles. The average molecular weight is 243 g/mol. The highest BCUT2D eigenvalue weighted by Crippen LogP contribution is 2.32. The number of anilines is 1. The SMILES string of the molecule is C#CCCCN1C(=O)C(=O)c2cc(OC)ccc21. The smallest absolute Gasteiger partial charge is 0.299 e. The van der Waals surface area contributed by atoms with Crippen LogP contribution in [0.5, 0.6) is 5.75 Å². The number of carbonyl (C=O) groups excluding carboxylic acids is 2. The zero-order valence-electron chi connectivity index (χ0n) is 10.1. The zero-order valence-corrected chi connectivity index (χ0v) is 10.1. The summed E-state index contributed by atoms with van der Waals surface area (Å²) in [5.41, 5.74) is 1.04. The number of methoxy groups -OCH3 is 1. The first-order valence-corrected chi connectivity index (χ1v) is 5.66. The summed E-state index contributed by atoms with van der Waals surface area (Å²) in [5.74, 6) is 2.11. The fraction of sp³-hybridized carbons (Fsp3) is 0.286. The summed E-state index contributed by atoms with van der Waals surface area (Å²) < 4.78 is 5.05. The normalized spacial score (nSPS) is 13.4. The third-order valence-electron chi connectivity index (χ3n) is 2.88. The molecule has 0 radical (unpaired) electrons. The Labute approximate surface area is 106 Å². The van der Waals surface area contributed by atoms with E-state index in [1.165, 1.54) is 12.0 Å². The molecule has 0 fully saturated rings. The molecule has 4 heteroatoms. The number of terminal acetylenes is 1. The van der Waals surface area contributed by atoms with Gasteiger partial charge in [-0.15, -0.1) is 12.3 Å². The summed E-state index contributed by atoms with van der Waals surface area (Å²) >= 11 is 0. The summed E-state index contributed by atoms with van der Waals surface area (Å²) in [6.45, 7) is 0.466. The van der Waals surface area contributed by atoms with Crippen LogP contribution in [0.4, 0.5) is 5.69 Å². The molecule has 1 aromatic carbocycles. The van der Waals surface area contributed by atoms with Gasteiger partial charge in [-0.1, -0.05) is 0 Å². The molecule has 92 valence electrons. The Morgan fingerprint density at radius 3 is 2.83 bits per heavy atom. The number of fused-ring (bicyclic) bond motifs is 1. The fourth-order valence-corrected chi connectivity index (χ4v) is 1.97. The van der Waals surface area contributed by atoms with Crippen molar-refractivity contribution in [3.63, 3.8) is 0 Å². The molecule has 0 saturated carbocycles. The number of unbranched alkanes of at least 4 members (excludes halogenated alkanes) is 1. The molecule has 2 rings (SSSR count). The van der Waals surface area contributed by atoms with Gasteiger partial charge in [0.2, 0.25) is 0 Å². The first-order chi connectivity index (χ1) is 8.69. The van der Waals surface area contributed by atoms with Gasteiger partial charge in [-0.3, -0.25) is 9.59 Å². The number of ether oxygens (including phenoxy) is 1. The Bertz CT molecular complexity index is 542. The summed E-state index contributed by atoms with van der Waals surface area (Å²) in [5, 5.41) is 0. The molecule has 1 amide bonds. The van der Waals surface area contributed by atoms with Crippen LogP contribution in [0.2, 0.25) is 0 Å². The zero-order chi connectivity index (χ0) is 13.1. The fourth-order valence-electron chi connectivity index (χ4n) is 1.97. The van der Waals surface area contributed by atoms with E-state index in [-0.39, 0.29) is 0 Å². The monoisotopic (exact) mass is 243 g/mol. The lowest BCUT2D eigenvalue weighted by Gasteiger charge is -2.15. The lowest BCUT2D eigenvalue weighted by atomic mass is 10.1. The summed E-state index contributed by atoms with van der Waals surface area (Å²) in [6, 6.07) is 5.06. The molecule has 0 unspecified atom stereocenters. The Morgan fingerprint density at radius 1 is 1.39 bits per heavy atom. The van der Waals surface area contributed by atoms with Crippen LogP contribution in [0.3, 0.4) is 0 Å². The van der Waals surface area contributed by atoms with Crippen molar-refractivity contribution in [1.82, 2.24) is 0 Å². The standard InChI is InChI=1S/C14H13NO3/c1-3-4-5-8-15-12-7-6-10(18-2)9-11(12)13(16)14(15)17/h1,6-7,9H,4-5,8H2,2H3. The van der Waals surface area contributed by atoms with E-state index in [0.29, 0.717) is 36.4 Å². The van der Waals surface area contributed by atoms with E-state index in [0.717, 1.165) is 0 Å². The van der Waals surface area contributed by atoms with Crippen molar-refractivity contribution in [3.8, 4) is 18.1 Å². The summed E-state index contributed by atoms with van der Waals surface area (Å²) in [7, 11) is 1.52. The van der Waals surface area contributed by atoms with E-state index in [1.54, 1.807) is 18.2 Å². The molecule has 0 saturated heterocycles. The third-order valence-corrected chi connectivity index (χ3v) is 2.88. The topological polar surface area (TPSA) is 46.6 Å². The maximum atomic E-state index is 11.8. The number of Topliss-reactive ketones (excluding diaryl/α,β-unsaturated/α-hetero) is 1. The molecule has 4 nitrogen and oxygen atoms in total. The molecule has 0 atom stereocenters. The van der Waals surface area contributed by atoms with Gasteiger partial charge in [0, 0.05) is 13.0 Å². The first kappa shape index (κ1) is 12.2. The number of nitrogens with zero attached hydrogens (tertiary/aromatic N) is 1. The minimum Gasteiger partial charge on any atom is -0.497 e. The minimum atomic E-state index is -0.490. The van der Waals surface area contributed by atoms with Crippen LogP contribution in [-0.2, 0) is 4.79 Å². The second-order valence-electron chi connectivity index (χ2n) is 3.98. The highest BCUT2D eigenvalue weighted by atomic mass is 16.5. The number of benzene rings is 1. The van der Waals surface area contributed by atoms with E-state index >= 15 is 0 Å². The highest BCUT2D eigenvalue weighted by molar-refractivity contribution is 6.52. The molecule has 1 aromatic rings. The quantitative estimate of drug-likeness (QED) is 0.459. The average Bonchev–Trinajstić information content (AvgIpc) is 2.63. The van der Waals surface area contributed by atoms with Crippen molar-refractivity contribution < 1.29 is 14.3 Å². The molecule has 0 bridgehead atoms. The van der Waals surface area contributed by atoms with Gasteiger partial charge in [0.25, 0.3) is 11.7 Å². The van der Waals surface area contributed by atoms with Gasteiger partial charge in [-0.2, -0.15) is 0 Å². The van der Waals surface area contributed by atoms with Gasteiger partial charge in [0.05, 0.1) is 18.4 Å². The lowest BCUT2D eigenvalue weighted by Crippen LogP contribution is -2.30. The number of amides is 1. The van der Waals surface area contributed by atoms with Crippen LogP contribution in [0.25, 0.3) is 0 Å². The van der Waals surface area contributed by atoms with E-state index in [2.05, 4.69) is 5.92 Å². The Kier molecular flexibility index (Phi) is 3.33. The van der Waals surface area contributed by atoms with Gasteiger partial charge in [0.1, 0.15) is 5.75 Å². The van der Waals surface area contributed by atoms with Gasteiger partial charge in [0.15, 0.2) is 0 Å². The van der Waals surface area contributed by atoms with Crippen LogP contribution in [0, 0.1) is 12.3 Å². The number of carbonyl (C=O) groups is 2. The Balaban J connectivity index is 2.29. The van der Waals surface area contributed by atoms with Gasteiger partial charge in [-0.05, 0) is 24.6 Å². The lowest BCUT2D eigenvalue weighted by molar-refractivity contribution is -0.114. The number of hydrogen-bond acceptors (Lipinski definition) is 3. The molecule has 18 heavy (non-hydrogen) atoms. The van der Waals surface area contributed by atoms with Crippen molar-refractivity contribution in [2.24, 2.45) is 0 Å². The summed E-state index contributed by atoms with van der Waals surface area (Å²) in [6.07, 6.45) is 6.44. The first-order valence-electron chi connectivity index (χ1n) is 5.66. The van der Waals surface area contributed by atoms with Crippen molar-refractivity contribution in [2.75, 3.05) is 18.6 Å². The molecular formula is C14H13NO3. The molecule has 0 spiro atoms. The molecule has 1 heterocycles. The molecule has 0 aliphatic carbocycles. The Hall–Kier alpha value is -2.28. The van der Waals surface area contributed by atoms with E-state index in [4.69, 9.17) is 11.2 Å². The van der Waals surface area contributed by atoms with Crippen molar-refractivity contribution >= 4 is 17.4 Å². The highest BCUT2D eigenvalue weighted by Gasteiger charge is 2.35. The van der Waals surface area contributed by atoms with E-state index < -0.39 is 11.7 Å². The van der Waals surface area contributed by atoms with Crippen molar-refractivity contribution in [2.45, 2.75) is 12.8 Å². The summed E-state index contributed by atoms with van der Waals surface area (Å²) in [4.78, 5) is 25.1. The number of ketones is 1. The molecule has 1 aliphatic heterocycles. The Morgan fingerprint density at radius 2 is 2.17 bits per heavy atom. The van der Waals surface area contributed by atoms with Gasteiger partial charge in [-0.25, -0.2) is 0 Å². The van der Waals surface area contributed by atoms with Crippen LogP contribution < -0.4 is 9.64 Å². The van der Waals surface area contributed by atoms with Crippen molar-refractivity contribution in [1.29, 1.82) is 0 Å². The van der Waals surface area contributed by atoms with Crippen LogP contribution in [-0.4, -0.2) is 25.3 Å². The minimum absolute atomic E-state index is 0.403. The third kappa shape index (κ3) is 1.95. The predicted molar refractivity (Wildman–Crippen MR) is 67.7 cm³/mol. The van der Waals surface area contributed by atoms with E-state index in [9.17, 15) is 9.59 Å². The number of hydrogen-bond donors (Lipinski definition) is 0. The van der Waals surface area contributed by atoms with Gasteiger partial charge >= 0.3 is 0 Å². The molecular weight excluding hydrogens is 230 g/mol. The van der Waals surface area contributed by atoms with Crippen molar-refractivity contribution in [3.05, 3.63) is 23.8 Å². The van der Waals surface area contributed by atoms with Crippen LogP contribution >= 0.6 is 0 Å². The maximum Gasteiger partial charge on any atom is 0.299 e. The van der Waals surface area contributed by atoms with Crippen LogP contribution in [0.15, 0.2) is 18.2 Å².